The average Bonchev–Trinajstić information content (AvgIpc) is 2.30. The maximum absolute atomic E-state index is 11.6. The number of allylic oxidation sites excluding steroid dienone is 1. The van der Waals surface area contributed by atoms with Crippen molar-refractivity contribution in [1.29, 1.82) is 0 Å². The SMILES string of the molecule is CC/C=C/NC(=O)NC(=O)c1ccc(N)cc1. The number of carbonyl (C=O) groups excluding carboxylic acids is 2. The van der Waals surface area contributed by atoms with Gasteiger partial charge in [0.2, 0.25) is 0 Å². The van der Waals surface area contributed by atoms with Crippen molar-refractivity contribution in [2.75, 3.05) is 5.73 Å². The highest BCUT2D eigenvalue weighted by molar-refractivity contribution is 6.04. The lowest BCUT2D eigenvalue weighted by atomic mass is 10.2. The van der Waals surface area contributed by atoms with Crippen LogP contribution in [-0.4, -0.2) is 11.9 Å². The first-order valence-corrected chi connectivity index (χ1v) is 5.26. The topological polar surface area (TPSA) is 84.2 Å². The van der Waals surface area contributed by atoms with E-state index in [9.17, 15) is 9.59 Å². The van der Waals surface area contributed by atoms with Crippen LogP contribution in [0.4, 0.5) is 10.5 Å². The Labute approximate surface area is 99.7 Å². The minimum absolute atomic E-state index is 0.383. The predicted molar refractivity (Wildman–Crippen MR) is 66.3 cm³/mol. The maximum Gasteiger partial charge on any atom is 0.325 e. The third-order valence-electron chi connectivity index (χ3n) is 1.97. The molecule has 0 saturated carbocycles. The molecule has 0 radical (unpaired) electrons. The molecule has 3 amide bonds. The average molecular weight is 233 g/mol. The molecule has 4 N–H and O–H groups in total. The molecule has 0 aliphatic carbocycles. The van der Waals surface area contributed by atoms with Crippen molar-refractivity contribution in [3.8, 4) is 0 Å². The number of nitrogen functional groups attached to an aromatic ring is 1. The van der Waals surface area contributed by atoms with Crippen molar-refractivity contribution in [3.63, 3.8) is 0 Å². The largest absolute Gasteiger partial charge is 0.399 e. The smallest absolute Gasteiger partial charge is 0.325 e. The van der Waals surface area contributed by atoms with Crippen LogP contribution in [0.15, 0.2) is 36.5 Å². The van der Waals surface area contributed by atoms with Crippen molar-refractivity contribution in [3.05, 3.63) is 42.1 Å². The van der Waals surface area contributed by atoms with Gasteiger partial charge in [-0.25, -0.2) is 4.79 Å². The molecule has 0 bridgehead atoms. The van der Waals surface area contributed by atoms with E-state index in [0.29, 0.717) is 11.3 Å². The molecule has 1 aromatic carbocycles. The minimum Gasteiger partial charge on any atom is -0.399 e. The molecule has 0 spiro atoms. The van der Waals surface area contributed by atoms with Gasteiger partial charge in [-0.05, 0) is 30.7 Å². The third-order valence-corrected chi connectivity index (χ3v) is 1.97. The summed E-state index contributed by atoms with van der Waals surface area (Å²) in [5.74, 6) is -0.465. The van der Waals surface area contributed by atoms with Crippen molar-refractivity contribution in [2.45, 2.75) is 13.3 Å². The number of hydrogen-bond donors (Lipinski definition) is 3. The van der Waals surface area contributed by atoms with Crippen LogP contribution in [0.2, 0.25) is 0 Å². The second-order valence-corrected chi connectivity index (χ2v) is 3.36. The number of rotatable bonds is 3. The van der Waals surface area contributed by atoms with Crippen LogP contribution < -0.4 is 16.4 Å². The Morgan fingerprint density at radius 3 is 2.53 bits per heavy atom. The Morgan fingerprint density at radius 1 is 1.29 bits per heavy atom. The molecule has 0 aromatic heterocycles. The quantitative estimate of drug-likeness (QED) is 0.694. The zero-order chi connectivity index (χ0) is 12.7. The van der Waals surface area contributed by atoms with Crippen LogP contribution in [0, 0.1) is 0 Å². The Morgan fingerprint density at radius 2 is 1.94 bits per heavy atom. The Hall–Kier alpha value is -2.30. The summed E-state index contributed by atoms with van der Waals surface area (Å²) < 4.78 is 0. The zero-order valence-corrected chi connectivity index (χ0v) is 9.57. The monoisotopic (exact) mass is 233 g/mol. The van der Waals surface area contributed by atoms with E-state index in [1.54, 1.807) is 30.3 Å². The van der Waals surface area contributed by atoms with E-state index in [2.05, 4.69) is 10.6 Å². The summed E-state index contributed by atoms with van der Waals surface area (Å²) in [6.45, 7) is 1.94. The number of amides is 3. The van der Waals surface area contributed by atoms with E-state index in [0.717, 1.165) is 6.42 Å². The number of hydrogen-bond acceptors (Lipinski definition) is 3. The van der Waals surface area contributed by atoms with E-state index in [1.165, 1.54) is 6.20 Å². The summed E-state index contributed by atoms with van der Waals surface area (Å²) in [5.41, 5.74) is 6.44. The second kappa shape index (κ2) is 6.32. The van der Waals surface area contributed by atoms with E-state index in [1.807, 2.05) is 6.92 Å². The number of benzene rings is 1. The molecule has 0 heterocycles. The van der Waals surface area contributed by atoms with Gasteiger partial charge in [0.1, 0.15) is 0 Å². The van der Waals surface area contributed by atoms with Crippen LogP contribution in [0.5, 0.6) is 0 Å². The summed E-state index contributed by atoms with van der Waals surface area (Å²) in [7, 11) is 0. The van der Waals surface area contributed by atoms with Crippen molar-refractivity contribution in [2.24, 2.45) is 0 Å². The molecular weight excluding hydrogens is 218 g/mol. The highest BCUT2D eigenvalue weighted by atomic mass is 16.2. The summed E-state index contributed by atoms with van der Waals surface area (Å²) in [4.78, 5) is 22.8. The highest BCUT2D eigenvalue weighted by Gasteiger charge is 2.08. The van der Waals surface area contributed by atoms with Gasteiger partial charge in [-0.2, -0.15) is 0 Å². The molecule has 17 heavy (non-hydrogen) atoms. The molecule has 1 aromatic rings. The van der Waals surface area contributed by atoms with Crippen LogP contribution in [0.3, 0.4) is 0 Å². The zero-order valence-electron chi connectivity index (χ0n) is 9.57. The van der Waals surface area contributed by atoms with Crippen LogP contribution in [0.1, 0.15) is 23.7 Å². The van der Waals surface area contributed by atoms with Gasteiger partial charge in [0.25, 0.3) is 5.91 Å². The number of urea groups is 1. The van der Waals surface area contributed by atoms with Crippen molar-refractivity contribution < 1.29 is 9.59 Å². The number of nitrogens with one attached hydrogen (secondary N) is 2. The second-order valence-electron chi connectivity index (χ2n) is 3.36. The van der Waals surface area contributed by atoms with E-state index < -0.39 is 11.9 Å². The van der Waals surface area contributed by atoms with Gasteiger partial charge in [0, 0.05) is 17.5 Å². The summed E-state index contributed by atoms with van der Waals surface area (Å²) in [5, 5.41) is 4.61. The number of anilines is 1. The van der Waals surface area contributed by atoms with Crippen molar-refractivity contribution in [1.82, 2.24) is 10.6 Å². The molecule has 0 aliphatic heterocycles. The van der Waals surface area contributed by atoms with E-state index in [4.69, 9.17) is 5.73 Å². The lowest BCUT2D eigenvalue weighted by Gasteiger charge is -2.03. The van der Waals surface area contributed by atoms with Crippen LogP contribution >= 0.6 is 0 Å². The van der Waals surface area contributed by atoms with Crippen LogP contribution in [0.25, 0.3) is 0 Å². The molecule has 0 saturated heterocycles. The number of imide groups is 1. The Kier molecular flexibility index (Phi) is 4.75. The lowest BCUT2D eigenvalue weighted by molar-refractivity contribution is 0.0965. The normalized spacial score (nSPS) is 10.2. The fraction of sp³-hybridized carbons (Fsp3) is 0.167. The fourth-order valence-corrected chi connectivity index (χ4v) is 1.10. The van der Waals surface area contributed by atoms with E-state index >= 15 is 0 Å². The first-order chi connectivity index (χ1) is 8.13. The summed E-state index contributed by atoms with van der Waals surface area (Å²) >= 11 is 0. The number of nitrogens with two attached hydrogens (primary N) is 1. The lowest BCUT2D eigenvalue weighted by Crippen LogP contribution is -2.36. The molecule has 0 fully saturated rings. The standard InChI is InChI=1S/C12H15N3O2/c1-2-3-8-14-12(17)15-11(16)9-4-6-10(13)7-5-9/h3-8H,2,13H2,1H3,(H2,14,15,16,17)/b8-3+. The van der Waals surface area contributed by atoms with E-state index in [-0.39, 0.29) is 0 Å². The summed E-state index contributed by atoms with van der Waals surface area (Å²) in [6.07, 6.45) is 4.07. The number of carbonyl (C=O) groups is 2. The predicted octanol–water partition coefficient (Wildman–Crippen LogP) is 1.63. The van der Waals surface area contributed by atoms with Gasteiger partial charge in [-0.1, -0.05) is 13.0 Å². The van der Waals surface area contributed by atoms with Crippen LogP contribution in [-0.2, 0) is 0 Å². The molecule has 90 valence electrons. The highest BCUT2D eigenvalue weighted by Crippen LogP contribution is 2.04. The molecule has 0 unspecified atom stereocenters. The van der Waals surface area contributed by atoms with Gasteiger partial charge in [0.05, 0.1) is 0 Å². The fourth-order valence-electron chi connectivity index (χ4n) is 1.10. The molecule has 0 aliphatic rings. The third kappa shape index (κ3) is 4.38. The van der Waals surface area contributed by atoms with Gasteiger partial charge in [0.15, 0.2) is 0 Å². The minimum atomic E-state index is -0.559. The van der Waals surface area contributed by atoms with Gasteiger partial charge in [-0.3, -0.25) is 10.1 Å². The summed E-state index contributed by atoms with van der Waals surface area (Å²) in [6, 6.07) is 5.75. The first-order valence-electron chi connectivity index (χ1n) is 5.26. The molecule has 0 atom stereocenters. The maximum atomic E-state index is 11.6. The molecule has 5 nitrogen and oxygen atoms in total. The molecular formula is C12H15N3O2. The Bertz CT molecular complexity index is 424. The van der Waals surface area contributed by atoms with Crippen molar-refractivity contribution >= 4 is 17.6 Å². The first kappa shape index (κ1) is 12.8. The van der Waals surface area contributed by atoms with Gasteiger partial charge < -0.3 is 11.1 Å². The Balaban J connectivity index is 2.51. The van der Waals surface area contributed by atoms with Gasteiger partial charge >= 0.3 is 6.03 Å². The molecule has 5 heteroatoms. The van der Waals surface area contributed by atoms with Gasteiger partial charge in [-0.15, -0.1) is 0 Å². The molecule has 1 rings (SSSR count).